The van der Waals surface area contributed by atoms with Gasteiger partial charge in [0.1, 0.15) is 6.54 Å². The van der Waals surface area contributed by atoms with Crippen LogP contribution in [0.5, 0.6) is 0 Å². The quantitative estimate of drug-likeness (QED) is 0.714. The van der Waals surface area contributed by atoms with Gasteiger partial charge in [0.25, 0.3) is 0 Å². The van der Waals surface area contributed by atoms with E-state index in [-0.39, 0.29) is 18.5 Å². The summed E-state index contributed by atoms with van der Waals surface area (Å²) in [6.45, 7) is 8.94. The monoisotopic (exact) mass is 349 g/mol. The van der Waals surface area contributed by atoms with E-state index in [0.29, 0.717) is 19.6 Å². The van der Waals surface area contributed by atoms with E-state index in [4.69, 9.17) is 0 Å². The molecular weight excluding hydrogens is 322 g/mol. The first-order valence-electron chi connectivity index (χ1n) is 8.52. The van der Waals surface area contributed by atoms with Crippen LogP contribution < -0.4 is 0 Å². The summed E-state index contributed by atoms with van der Waals surface area (Å²) >= 11 is 0. The summed E-state index contributed by atoms with van der Waals surface area (Å²) in [4.78, 5) is 41.2. The smallest absolute Gasteiger partial charge is 0.312 e. The van der Waals surface area contributed by atoms with Gasteiger partial charge in [0.15, 0.2) is 0 Å². The van der Waals surface area contributed by atoms with Crippen LogP contribution in [0.25, 0.3) is 0 Å². The molecule has 2 rings (SSSR count). The molecule has 8 nitrogen and oxygen atoms in total. The number of nitrogens with zero attached hydrogens (tertiary/aromatic N) is 5. The third-order valence-electron chi connectivity index (χ3n) is 5.06. The van der Waals surface area contributed by atoms with Crippen molar-refractivity contribution < 1.29 is 14.4 Å². The average Bonchev–Trinajstić information content (AvgIpc) is 2.83. The fourth-order valence-electron chi connectivity index (χ4n) is 3.25. The lowest BCUT2D eigenvalue weighted by atomic mass is 10.1. The predicted molar refractivity (Wildman–Crippen MR) is 92.7 cm³/mol. The molecule has 3 amide bonds. The van der Waals surface area contributed by atoms with Gasteiger partial charge in [-0.1, -0.05) is 0 Å². The number of hydrogen-bond donors (Lipinski definition) is 0. The van der Waals surface area contributed by atoms with Gasteiger partial charge in [-0.15, -0.1) is 0 Å². The van der Waals surface area contributed by atoms with Crippen molar-refractivity contribution in [2.75, 3.05) is 33.2 Å². The van der Waals surface area contributed by atoms with E-state index in [1.165, 1.54) is 9.80 Å². The summed E-state index contributed by atoms with van der Waals surface area (Å²) in [5.41, 5.74) is 2.90. The standard InChI is InChI=1S/C17H27N5O3/c1-7-21-8-9-22(17(25)16(21)24)10-14(23)19(5)12(3)15-11(2)18-20(6)13(15)4/h12H,7-10H2,1-6H3. The lowest BCUT2D eigenvalue weighted by molar-refractivity contribution is -0.157. The Bertz CT molecular complexity index is 697. The maximum Gasteiger partial charge on any atom is 0.312 e. The molecule has 2 heterocycles. The van der Waals surface area contributed by atoms with E-state index < -0.39 is 11.8 Å². The molecule has 1 aliphatic heterocycles. The van der Waals surface area contributed by atoms with Crippen molar-refractivity contribution in [3.63, 3.8) is 0 Å². The lowest BCUT2D eigenvalue weighted by Gasteiger charge is -2.34. The molecule has 1 aromatic rings. The Morgan fingerprint density at radius 1 is 1.20 bits per heavy atom. The molecule has 1 fully saturated rings. The highest BCUT2D eigenvalue weighted by Crippen LogP contribution is 2.25. The second-order valence-electron chi connectivity index (χ2n) is 6.50. The number of rotatable bonds is 5. The molecule has 0 saturated carbocycles. The molecule has 138 valence electrons. The predicted octanol–water partition coefficient (Wildman–Crippen LogP) is 0.247. The second-order valence-corrected chi connectivity index (χ2v) is 6.50. The second kappa shape index (κ2) is 7.25. The van der Waals surface area contributed by atoms with Crippen LogP contribution in [-0.4, -0.2) is 75.4 Å². The van der Waals surface area contributed by atoms with Crippen molar-refractivity contribution in [3.8, 4) is 0 Å². The molecule has 0 spiro atoms. The molecule has 0 aliphatic carbocycles. The number of aryl methyl sites for hydroxylation is 2. The number of hydrogen-bond acceptors (Lipinski definition) is 4. The molecule has 25 heavy (non-hydrogen) atoms. The van der Waals surface area contributed by atoms with E-state index in [1.807, 2.05) is 34.7 Å². The molecular formula is C17H27N5O3. The summed E-state index contributed by atoms with van der Waals surface area (Å²) in [7, 11) is 3.59. The Balaban J connectivity index is 2.08. The maximum absolute atomic E-state index is 12.6. The number of carbonyl (C=O) groups is 3. The van der Waals surface area contributed by atoms with Crippen LogP contribution in [0.3, 0.4) is 0 Å². The first kappa shape index (κ1) is 19.0. The molecule has 0 bridgehead atoms. The number of amides is 3. The van der Waals surface area contributed by atoms with Gasteiger partial charge in [-0.25, -0.2) is 0 Å². The highest BCUT2D eigenvalue weighted by Gasteiger charge is 2.34. The van der Waals surface area contributed by atoms with Gasteiger partial charge in [-0.3, -0.25) is 19.1 Å². The fourth-order valence-corrected chi connectivity index (χ4v) is 3.25. The summed E-state index contributed by atoms with van der Waals surface area (Å²) in [5.74, 6) is -1.33. The molecule has 1 aliphatic rings. The van der Waals surface area contributed by atoms with E-state index >= 15 is 0 Å². The van der Waals surface area contributed by atoms with Crippen LogP contribution >= 0.6 is 0 Å². The van der Waals surface area contributed by atoms with Gasteiger partial charge in [-0.2, -0.15) is 5.10 Å². The van der Waals surface area contributed by atoms with Crippen LogP contribution in [0.15, 0.2) is 0 Å². The van der Waals surface area contributed by atoms with Gasteiger partial charge in [0.2, 0.25) is 5.91 Å². The molecule has 1 saturated heterocycles. The molecule has 1 aromatic heterocycles. The van der Waals surface area contributed by atoms with Crippen LogP contribution in [0.1, 0.15) is 36.8 Å². The summed E-state index contributed by atoms with van der Waals surface area (Å²) in [6.07, 6.45) is 0. The zero-order valence-corrected chi connectivity index (χ0v) is 15.9. The van der Waals surface area contributed by atoms with Crippen LogP contribution in [0.2, 0.25) is 0 Å². The SMILES string of the molecule is CCN1CCN(CC(=O)N(C)C(C)c2c(C)nn(C)c2C)C(=O)C1=O. The van der Waals surface area contributed by atoms with Crippen molar-refractivity contribution in [2.24, 2.45) is 7.05 Å². The van der Waals surface area contributed by atoms with Crippen molar-refractivity contribution >= 4 is 17.7 Å². The third-order valence-corrected chi connectivity index (χ3v) is 5.06. The van der Waals surface area contributed by atoms with E-state index in [0.717, 1.165) is 17.0 Å². The van der Waals surface area contributed by atoms with Crippen molar-refractivity contribution in [1.29, 1.82) is 0 Å². The summed E-state index contributed by atoms with van der Waals surface area (Å²) in [5, 5.41) is 4.39. The van der Waals surface area contributed by atoms with Gasteiger partial charge in [0.05, 0.1) is 11.7 Å². The van der Waals surface area contributed by atoms with Crippen LogP contribution in [0.4, 0.5) is 0 Å². The highest BCUT2D eigenvalue weighted by molar-refractivity contribution is 6.35. The van der Waals surface area contributed by atoms with Crippen molar-refractivity contribution in [3.05, 3.63) is 17.0 Å². The van der Waals surface area contributed by atoms with E-state index in [1.54, 1.807) is 16.6 Å². The Labute approximate surface area is 148 Å². The van der Waals surface area contributed by atoms with Crippen LogP contribution in [0, 0.1) is 13.8 Å². The van der Waals surface area contributed by atoms with Gasteiger partial charge in [-0.05, 0) is 27.7 Å². The zero-order chi connectivity index (χ0) is 18.9. The Hall–Kier alpha value is -2.38. The average molecular weight is 349 g/mol. The van der Waals surface area contributed by atoms with Gasteiger partial charge < -0.3 is 14.7 Å². The largest absolute Gasteiger partial charge is 0.337 e. The Morgan fingerprint density at radius 3 is 2.28 bits per heavy atom. The first-order chi connectivity index (χ1) is 11.7. The number of aromatic nitrogens is 2. The fraction of sp³-hybridized carbons (Fsp3) is 0.647. The molecule has 1 unspecified atom stereocenters. The minimum absolute atomic E-state index is 0.0820. The first-order valence-corrected chi connectivity index (χ1v) is 8.52. The normalized spacial score (nSPS) is 16.4. The zero-order valence-electron chi connectivity index (χ0n) is 15.9. The van der Waals surface area contributed by atoms with Gasteiger partial charge >= 0.3 is 11.8 Å². The maximum atomic E-state index is 12.6. The molecule has 0 radical (unpaired) electrons. The number of likely N-dealkylation sites (N-methyl/N-ethyl adjacent to an activating group) is 2. The topological polar surface area (TPSA) is 78.8 Å². The molecule has 0 N–H and O–H groups in total. The summed E-state index contributed by atoms with van der Waals surface area (Å²) < 4.78 is 1.80. The molecule has 8 heteroatoms. The van der Waals surface area contributed by atoms with E-state index in [9.17, 15) is 14.4 Å². The Kier molecular flexibility index (Phi) is 5.49. The van der Waals surface area contributed by atoms with Gasteiger partial charge in [0, 0.05) is 45.0 Å². The minimum Gasteiger partial charge on any atom is -0.337 e. The van der Waals surface area contributed by atoms with E-state index in [2.05, 4.69) is 5.10 Å². The molecule has 1 atom stereocenters. The Morgan fingerprint density at radius 2 is 1.76 bits per heavy atom. The van der Waals surface area contributed by atoms with Crippen molar-refractivity contribution in [2.45, 2.75) is 33.7 Å². The number of carbonyl (C=O) groups excluding carboxylic acids is 3. The van der Waals surface area contributed by atoms with Crippen molar-refractivity contribution in [1.82, 2.24) is 24.5 Å². The number of piperazine rings is 1. The third kappa shape index (κ3) is 3.52. The minimum atomic E-state index is -0.601. The summed E-state index contributed by atoms with van der Waals surface area (Å²) in [6, 6.07) is -0.163. The highest BCUT2D eigenvalue weighted by atomic mass is 16.2. The van der Waals surface area contributed by atoms with Crippen LogP contribution in [-0.2, 0) is 21.4 Å². The molecule has 0 aromatic carbocycles. The lowest BCUT2D eigenvalue weighted by Crippen LogP contribution is -2.56.